The molecule has 2 aliphatic rings. The Morgan fingerprint density at radius 2 is 2.13 bits per heavy atom. The molecular weight excluding hydrogens is 194 g/mol. The zero-order chi connectivity index (χ0) is 10.7. The van der Waals surface area contributed by atoms with Crippen molar-refractivity contribution in [1.82, 2.24) is 4.90 Å². The van der Waals surface area contributed by atoms with Crippen molar-refractivity contribution in [1.29, 1.82) is 0 Å². The molecule has 86 valence electrons. The number of rotatable bonds is 4. The number of hydrogen-bond acceptors (Lipinski definition) is 4. The molecule has 0 amide bonds. The summed E-state index contributed by atoms with van der Waals surface area (Å²) in [5.74, 6) is 0.623. The van der Waals surface area contributed by atoms with Gasteiger partial charge < -0.3 is 9.47 Å². The monoisotopic (exact) mass is 213 g/mol. The van der Waals surface area contributed by atoms with Crippen molar-refractivity contribution in [2.24, 2.45) is 11.8 Å². The molecule has 1 unspecified atom stereocenters. The highest BCUT2D eigenvalue weighted by molar-refractivity contribution is 5.73. The van der Waals surface area contributed by atoms with Crippen LogP contribution in [-0.4, -0.2) is 50.8 Å². The molecule has 1 saturated carbocycles. The lowest BCUT2D eigenvalue weighted by Crippen LogP contribution is -2.41. The van der Waals surface area contributed by atoms with E-state index in [4.69, 9.17) is 9.47 Å². The molecule has 4 heteroatoms. The third-order valence-corrected chi connectivity index (χ3v) is 3.25. The fourth-order valence-corrected chi connectivity index (χ4v) is 2.13. The number of carbonyl (C=O) groups is 1. The van der Waals surface area contributed by atoms with Crippen LogP contribution in [0.15, 0.2) is 0 Å². The largest absolute Gasteiger partial charge is 0.469 e. The molecule has 1 aliphatic heterocycles. The van der Waals surface area contributed by atoms with Crippen molar-refractivity contribution < 1.29 is 14.3 Å². The molecule has 0 N–H and O–H groups in total. The van der Waals surface area contributed by atoms with E-state index in [1.165, 1.54) is 20.0 Å². The molecule has 1 saturated heterocycles. The van der Waals surface area contributed by atoms with E-state index >= 15 is 0 Å². The maximum Gasteiger partial charge on any atom is 0.310 e. The summed E-state index contributed by atoms with van der Waals surface area (Å²) < 4.78 is 10.1. The van der Waals surface area contributed by atoms with Crippen molar-refractivity contribution in [3.63, 3.8) is 0 Å². The Morgan fingerprint density at radius 3 is 2.67 bits per heavy atom. The Balaban J connectivity index is 1.84. The summed E-state index contributed by atoms with van der Waals surface area (Å²) in [6.45, 7) is 4.32. The fourth-order valence-electron chi connectivity index (χ4n) is 2.13. The summed E-state index contributed by atoms with van der Waals surface area (Å²) in [7, 11) is 1.48. The van der Waals surface area contributed by atoms with E-state index in [1.807, 2.05) is 0 Å². The van der Waals surface area contributed by atoms with E-state index in [9.17, 15) is 4.79 Å². The second-order valence-corrected chi connectivity index (χ2v) is 4.38. The van der Waals surface area contributed by atoms with Crippen LogP contribution in [0.4, 0.5) is 0 Å². The van der Waals surface area contributed by atoms with Gasteiger partial charge in [-0.2, -0.15) is 0 Å². The highest BCUT2D eigenvalue weighted by atomic mass is 16.5. The van der Waals surface area contributed by atoms with Crippen LogP contribution in [-0.2, 0) is 14.3 Å². The van der Waals surface area contributed by atoms with Gasteiger partial charge in [-0.05, 0) is 18.8 Å². The number of methoxy groups -OCH3 is 1. The minimum atomic E-state index is -0.0380. The Labute approximate surface area is 90.5 Å². The topological polar surface area (TPSA) is 38.8 Å². The van der Waals surface area contributed by atoms with E-state index in [0.717, 1.165) is 32.8 Å². The lowest BCUT2D eigenvalue weighted by molar-refractivity contribution is -0.147. The fraction of sp³-hybridized carbons (Fsp3) is 0.909. The van der Waals surface area contributed by atoms with Crippen LogP contribution in [0.25, 0.3) is 0 Å². The predicted octanol–water partition coefficient (Wildman–Crippen LogP) is 0.518. The van der Waals surface area contributed by atoms with Gasteiger partial charge in [0.05, 0.1) is 26.2 Å². The SMILES string of the molecule is COC(=O)C(CN1CCOCC1)C1CC1. The van der Waals surface area contributed by atoms with Crippen molar-refractivity contribution in [3.05, 3.63) is 0 Å². The van der Waals surface area contributed by atoms with E-state index in [0.29, 0.717) is 5.92 Å². The number of hydrogen-bond donors (Lipinski definition) is 0. The van der Waals surface area contributed by atoms with Gasteiger partial charge >= 0.3 is 5.97 Å². The first kappa shape index (κ1) is 10.9. The van der Waals surface area contributed by atoms with Gasteiger partial charge in [-0.1, -0.05) is 0 Å². The van der Waals surface area contributed by atoms with Gasteiger partial charge in [0.1, 0.15) is 0 Å². The van der Waals surface area contributed by atoms with Crippen LogP contribution in [0.3, 0.4) is 0 Å². The van der Waals surface area contributed by atoms with Crippen molar-refractivity contribution in [3.8, 4) is 0 Å². The third-order valence-electron chi connectivity index (χ3n) is 3.25. The normalized spacial score (nSPS) is 24.9. The Morgan fingerprint density at radius 1 is 1.47 bits per heavy atom. The minimum absolute atomic E-state index is 0.0380. The number of nitrogens with zero attached hydrogens (tertiary/aromatic N) is 1. The second-order valence-electron chi connectivity index (χ2n) is 4.38. The Kier molecular flexibility index (Phi) is 3.59. The highest BCUT2D eigenvalue weighted by Gasteiger charge is 2.38. The molecule has 0 bridgehead atoms. The standard InChI is InChI=1S/C11H19NO3/c1-14-11(13)10(9-2-3-9)8-12-4-6-15-7-5-12/h9-10H,2-8H2,1H3. The maximum absolute atomic E-state index is 11.6. The summed E-state index contributed by atoms with van der Waals surface area (Å²) >= 11 is 0. The van der Waals surface area contributed by atoms with E-state index in [2.05, 4.69) is 4.90 Å². The molecule has 0 aromatic carbocycles. The summed E-state index contributed by atoms with van der Waals surface area (Å²) in [6, 6.07) is 0. The van der Waals surface area contributed by atoms with Crippen LogP contribution < -0.4 is 0 Å². The highest BCUT2D eigenvalue weighted by Crippen LogP contribution is 2.37. The van der Waals surface area contributed by atoms with Crippen LogP contribution in [0.5, 0.6) is 0 Å². The summed E-state index contributed by atoms with van der Waals surface area (Å²) in [5.41, 5.74) is 0. The van der Waals surface area contributed by atoms with Crippen molar-refractivity contribution in [2.45, 2.75) is 12.8 Å². The minimum Gasteiger partial charge on any atom is -0.469 e. The summed E-state index contributed by atoms with van der Waals surface area (Å²) in [4.78, 5) is 13.9. The molecule has 1 aliphatic carbocycles. The van der Waals surface area contributed by atoms with Crippen LogP contribution >= 0.6 is 0 Å². The zero-order valence-corrected chi connectivity index (χ0v) is 9.28. The lowest BCUT2D eigenvalue weighted by Gasteiger charge is -2.29. The molecule has 0 aromatic heterocycles. The first-order valence-electron chi connectivity index (χ1n) is 5.69. The zero-order valence-electron chi connectivity index (χ0n) is 9.28. The maximum atomic E-state index is 11.6. The van der Waals surface area contributed by atoms with Gasteiger partial charge in [0.25, 0.3) is 0 Å². The van der Waals surface area contributed by atoms with Gasteiger partial charge in [0, 0.05) is 19.6 Å². The molecule has 0 aromatic rings. The average molecular weight is 213 g/mol. The molecule has 4 nitrogen and oxygen atoms in total. The smallest absolute Gasteiger partial charge is 0.310 e. The molecular formula is C11H19NO3. The quantitative estimate of drug-likeness (QED) is 0.638. The predicted molar refractivity (Wildman–Crippen MR) is 55.5 cm³/mol. The van der Waals surface area contributed by atoms with Gasteiger partial charge in [-0.25, -0.2) is 0 Å². The lowest BCUT2D eigenvalue weighted by atomic mass is 10.0. The van der Waals surface area contributed by atoms with E-state index < -0.39 is 0 Å². The molecule has 0 spiro atoms. The van der Waals surface area contributed by atoms with Crippen LogP contribution in [0, 0.1) is 11.8 Å². The van der Waals surface area contributed by atoms with Gasteiger partial charge in [-0.15, -0.1) is 0 Å². The molecule has 2 fully saturated rings. The van der Waals surface area contributed by atoms with Gasteiger partial charge in [0.15, 0.2) is 0 Å². The van der Waals surface area contributed by atoms with Gasteiger partial charge in [0.2, 0.25) is 0 Å². The molecule has 1 atom stereocenters. The number of esters is 1. The molecule has 0 radical (unpaired) electrons. The van der Waals surface area contributed by atoms with Crippen LogP contribution in [0.2, 0.25) is 0 Å². The number of ether oxygens (including phenoxy) is 2. The molecule has 1 heterocycles. The first-order valence-corrected chi connectivity index (χ1v) is 5.69. The second kappa shape index (κ2) is 4.94. The summed E-state index contributed by atoms with van der Waals surface area (Å²) in [6.07, 6.45) is 2.37. The number of morpholine rings is 1. The van der Waals surface area contributed by atoms with Crippen LogP contribution in [0.1, 0.15) is 12.8 Å². The summed E-state index contributed by atoms with van der Waals surface area (Å²) in [5, 5.41) is 0. The number of carbonyl (C=O) groups excluding carboxylic acids is 1. The van der Waals surface area contributed by atoms with Crippen molar-refractivity contribution in [2.75, 3.05) is 40.0 Å². The van der Waals surface area contributed by atoms with E-state index in [-0.39, 0.29) is 11.9 Å². The van der Waals surface area contributed by atoms with Gasteiger partial charge in [-0.3, -0.25) is 9.69 Å². The first-order chi connectivity index (χ1) is 7.31. The van der Waals surface area contributed by atoms with E-state index in [1.54, 1.807) is 0 Å². The Hall–Kier alpha value is -0.610. The molecule has 2 rings (SSSR count). The third kappa shape index (κ3) is 2.92. The average Bonchev–Trinajstić information content (AvgIpc) is 3.10. The Bertz CT molecular complexity index is 222. The van der Waals surface area contributed by atoms with Crippen molar-refractivity contribution >= 4 is 5.97 Å². The molecule has 15 heavy (non-hydrogen) atoms.